The summed E-state index contributed by atoms with van der Waals surface area (Å²) in [5.41, 5.74) is 4.79. The van der Waals surface area contributed by atoms with Crippen LogP contribution < -0.4 is 4.90 Å². The SMILES string of the molecule is CN(C)c1ccc(CC=CP(C2CCCCC2)C2CCCCC2)cc1.[Cl][Pd][Cl]. The molecule has 0 atom stereocenters. The molecule has 0 N–H and O–H groups in total. The Balaban J connectivity index is 0.000000878. The molecule has 28 heavy (non-hydrogen) atoms. The number of hydrogen-bond acceptors (Lipinski definition) is 1. The molecule has 1 aromatic carbocycles. The Kier molecular flexibility index (Phi) is 12.7. The third-order valence-corrected chi connectivity index (χ3v) is 9.35. The predicted molar refractivity (Wildman–Crippen MR) is 126 cm³/mol. The fraction of sp³-hybridized carbons (Fsp3) is 0.652. The standard InChI is InChI=1S/C23H36NP.2ClH.Pd/c1-24(2)21-17-15-20(16-18-21)10-9-19-25(22-11-5-3-6-12-22)23-13-7-4-8-14-23;;;/h9,15-19,22-23H,3-8,10-14H2,1-2H3;2*1H;/q;;;+2/p-2. The van der Waals surface area contributed by atoms with Gasteiger partial charge in [-0.05, 0) is 61.1 Å². The molecule has 162 valence electrons. The summed E-state index contributed by atoms with van der Waals surface area (Å²) < 4.78 is 0. The second-order valence-electron chi connectivity index (χ2n) is 8.23. The van der Waals surface area contributed by atoms with Crippen molar-refractivity contribution in [2.75, 3.05) is 19.0 Å². The van der Waals surface area contributed by atoms with Gasteiger partial charge in [0, 0.05) is 19.8 Å². The molecule has 0 aromatic heterocycles. The molecule has 1 nitrogen and oxygen atoms in total. The van der Waals surface area contributed by atoms with Gasteiger partial charge in [0.1, 0.15) is 0 Å². The van der Waals surface area contributed by atoms with Crippen LogP contribution in [0, 0.1) is 0 Å². The van der Waals surface area contributed by atoms with Crippen LogP contribution in [-0.2, 0) is 22.4 Å². The first-order chi connectivity index (χ1) is 13.7. The van der Waals surface area contributed by atoms with E-state index in [1.165, 1.54) is 75.5 Å². The van der Waals surface area contributed by atoms with E-state index in [2.05, 4.69) is 55.2 Å². The second-order valence-corrected chi connectivity index (χ2v) is 13.2. The van der Waals surface area contributed by atoms with Crippen LogP contribution in [0.25, 0.3) is 0 Å². The topological polar surface area (TPSA) is 3.24 Å². The molecule has 0 unspecified atom stereocenters. The van der Waals surface area contributed by atoms with E-state index >= 15 is 0 Å². The number of rotatable bonds is 6. The number of benzene rings is 1. The number of allylic oxidation sites excluding steroid dienone is 1. The molecule has 2 fully saturated rings. The fourth-order valence-corrected chi connectivity index (χ4v) is 7.90. The number of hydrogen-bond donors (Lipinski definition) is 0. The van der Waals surface area contributed by atoms with Crippen molar-refractivity contribution in [3.63, 3.8) is 0 Å². The zero-order valence-corrected chi connectivity index (χ0v) is 21.3. The molecule has 1 aromatic rings. The minimum atomic E-state index is -0.106. The van der Waals surface area contributed by atoms with Crippen molar-refractivity contribution in [1.82, 2.24) is 0 Å². The van der Waals surface area contributed by atoms with Gasteiger partial charge in [-0.2, -0.15) is 0 Å². The van der Waals surface area contributed by atoms with Crippen LogP contribution >= 0.6 is 27.0 Å². The van der Waals surface area contributed by atoms with E-state index in [0.717, 1.165) is 17.7 Å². The first kappa shape index (κ1) is 24.7. The zero-order chi connectivity index (χ0) is 20.2. The van der Waals surface area contributed by atoms with Crippen LogP contribution in [0.4, 0.5) is 5.69 Å². The van der Waals surface area contributed by atoms with Gasteiger partial charge >= 0.3 is 35.0 Å². The van der Waals surface area contributed by atoms with E-state index in [9.17, 15) is 0 Å². The van der Waals surface area contributed by atoms with E-state index in [1.807, 2.05) is 0 Å². The molecule has 0 heterocycles. The van der Waals surface area contributed by atoms with Crippen LogP contribution in [0.3, 0.4) is 0 Å². The maximum absolute atomic E-state index is 4.81. The molecule has 0 aliphatic heterocycles. The Bertz CT molecular complexity index is 534. The average molecular weight is 535 g/mol. The molecule has 0 saturated heterocycles. The summed E-state index contributed by atoms with van der Waals surface area (Å²) in [6, 6.07) is 9.08. The van der Waals surface area contributed by atoms with Gasteiger partial charge in [-0.15, -0.1) is 0 Å². The van der Waals surface area contributed by atoms with Gasteiger partial charge in [0.15, 0.2) is 0 Å². The predicted octanol–water partition coefficient (Wildman–Crippen LogP) is 8.33. The Morgan fingerprint density at radius 3 is 1.79 bits per heavy atom. The van der Waals surface area contributed by atoms with Gasteiger partial charge in [0.25, 0.3) is 0 Å². The molecular weight excluding hydrogens is 499 g/mol. The van der Waals surface area contributed by atoms with Crippen molar-refractivity contribution in [2.24, 2.45) is 0 Å². The molecule has 5 heteroatoms. The van der Waals surface area contributed by atoms with Crippen LogP contribution in [-0.4, -0.2) is 25.4 Å². The van der Waals surface area contributed by atoms with Crippen molar-refractivity contribution in [1.29, 1.82) is 0 Å². The van der Waals surface area contributed by atoms with E-state index < -0.39 is 0 Å². The molecule has 2 aliphatic carbocycles. The van der Waals surface area contributed by atoms with Crippen LogP contribution in [0.15, 0.2) is 36.2 Å². The van der Waals surface area contributed by atoms with E-state index in [4.69, 9.17) is 19.1 Å². The third-order valence-electron chi connectivity index (χ3n) is 6.08. The average Bonchev–Trinajstić information content (AvgIpc) is 2.73. The summed E-state index contributed by atoms with van der Waals surface area (Å²) >= 11 is -0.106. The van der Waals surface area contributed by atoms with Crippen LogP contribution in [0.1, 0.15) is 69.8 Å². The van der Waals surface area contributed by atoms with E-state index in [1.54, 1.807) is 0 Å². The molecule has 0 spiro atoms. The quantitative estimate of drug-likeness (QED) is 0.262. The normalized spacial score (nSPS) is 19.0. The summed E-state index contributed by atoms with van der Waals surface area (Å²) in [4.78, 5) is 2.17. The Labute approximate surface area is 190 Å². The van der Waals surface area contributed by atoms with E-state index in [0.29, 0.717) is 0 Å². The maximum atomic E-state index is 4.81. The molecule has 2 saturated carbocycles. The van der Waals surface area contributed by atoms with Gasteiger partial charge < -0.3 is 4.90 Å². The van der Waals surface area contributed by atoms with Gasteiger partial charge in [0.05, 0.1) is 0 Å². The number of anilines is 1. The van der Waals surface area contributed by atoms with Crippen molar-refractivity contribution >= 4 is 32.7 Å². The van der Waals surface area contributed by atoms with Crippen molar-refractivity contribution in [3.8, 4) is 0 Å². The Morgan fingerprint density at radius 1 is 0.893 bits per heavy atom. The third kappa shape index (κ3) is 8.66. The zero-order valence-electron chi connectivity index (χ0n) is 17.4. The summed E-state index contributed by atoms with van der Waals surface area (Å²) in [5.74, 6) is 2.70. The van der Waals surface area contributed by atoms with Crippen molar-refractivity contribution < 1.29 is 15.9 Å². The number of halogens is 2. The van der Waals surface area contributed by atoms with Crippen LogP contribution in [0.2, 0.25) is 0 Å². The molecule has 0 radical (unpaired) electrons. The molecule has 2 aliphatic rings. The Morgan fingerprint density at radius 2 is 1.36 bits per heavy atom. The summed E-state index contributed by atoms with van der Waals surface area (Å²) in [5, 5.41) is 0. The van der Waals surface area contributed by atoms with Gasteiger partial charge in [-0.1, -0.05) is 70.5 Å². The molecule has 0 amide bonds. The monoisotopic (exact) mass is 533 g/mol. The Hall–Kier alpha value is 0.432. The summed E-state index contributed by atoms with van der Waals surface area (Å²) in [6.07, 6.45) is 18.5. The van der Waals surface area contributed by atoms with Gasteiger partial charge in [-0.25, -0.2) is 0 Å². The number of nitrogens with zero attached hydrogens (tertiary/aromatic N) is 1. The van der Waals surface area contributed by atoms with Crippen LogP contribution in [0.5, 0.6) is 0 Å². The fourth-order valence-electron chi connectivity index (χ4n) is 4.54. The minimum absolute atomic E-state index is 0.101. The molecule has 3 rings (SSSR count). The van der Waals surface area contributed by atoms with E-state index in [-0.39, 0.29) is 23.9 Å². The first-order valence-corrected chi connectivity index (χ1v) is 16.2. The van der Waals surface area contributed by atoms with Gasteiger partial charge in [0.2, 0.25) is 0 Å². The molecule has 0 bridgehead atoms. The first-order valence-electron chi connectivity index (χ1n) is 10.7. The summed E-state index contributed by atoms with van der Waals surface area (Å²) in [7, 11) is 13.9. The van der Waals surface area contributed by atoms with Gasteiger partial charge in [-0.3, -0.25) is 0 Å². The second kappa shape index (κ2) is 14.4. The van der Waals surface area contributed by atoms with Crippen molar-refractivity contribution in [2.45, 2.75) is 81.9 Å². The van der Waals surface area contributed by atoms with Crippen molar-refractivity contribution in [3.05, 3.63) is 41.7 Å². The summed E-state index contributed by atoms with van der Waals surface area (Å²) in [6.45, 7) is 0. The molecular formula is C23H36Cl2NPPd.